The number of benzene rings is 1. The summed E-state index contributed by atoms with van der Waals surface area (Å²) in [7, 11) is 5.45. The maximum absolute atomic E-state index is 5.74. The van der Waals surface area contributed by atoms with Gasteiger partial charge in [-0.05, 0) is 18.1 Å². The van der Waals surface area contributed by atoms with E-state index in [0.717, 1.165) is 36.6 Å². The summed E-state index contributed by atoms with van der Waals surface area (Å²) in [6, 6.07) is 5.98. The van der Waals surface area contributed by atoms with Crippen LogP contribution >= 0.6 is 0 Å². The summed E-state index contributed by atoms with van der Waals surface area (Å²) < 4.78 is 10.3. The zero-order valence-electron chi connectivity index (χ0n) is 10.9. The van der Waals surface area contributed by atoms with Gasteiger partial charge in [0.2, 0.25) is 0 Å². The molecule has 2 N–H and O–H groups in total. The molecular weight excluding hydrogens is 216 g/mol. The summed E-state index contributed by atoms with van der Waals surface area (Å²) in [5.74, 6) is 0.857. The summed E-state index contributed by atoms with van der Waals surface area (Å²) in [4.78, 5) is 2.18. The van der Waals surface area contributed by atoms with Gasteiger partial charge < -0.3 is 20.1 Å². The quantitative estimate of drug-likeness (QED) is 0.733. The molecule has 0 fully saturated rings. The van der Waals surface area contributed by atoms with Crippen molar-refractivity contribution in [1.29, 1.82) is 0 Å². The maximum atomic E-state index is 5.74. The molecule has 0 radical (unpaired) electrons. The van der Waals surface area contributed by atoms with E-state index in [1.165, 1.54) is 0 Å². The predicted octanol–water partition coefficient (Wildman–Crippen LogP) is 1.63. The first-order chi connectivity index (χ1) is 8.22. The van der Waals surface area contributed by atoms with Crippen LogP contribution < -0.4 is 15.4 Å². The third-order valence-electron chi connectivity index (χ3n) is 2.77. The van der Waals surface area contributed by atoms with Crippen molar-refractivity contribution in [1.82, 2.24) is 0 Å². The number of nitrogens with zero attached hydrogens (tertiary/aromatic N) is 1. The van der Waals surface area contributed by atoms with Gasteiger partial charge in [-0.2, -0.15) is 0 Å². The molecule has 0 heterocycles. The van der Waals surface area contributed by atoms with E-state index < -0.39 is 0 Å². The van der Waals surface area contributed by atoms with Crippen molar-refractivity contribution >= 4 is 5.69 Å². The molecule has 0 bridgehead atoms. The molecule has 4 heteroatoms. The number of ether oxygens (including phenoxy) is 2. The summed E-state index contributed by atoms with van der Waals surface area (Å²) in [6.45, 7) is 2.24. The molecule has 0 spiro atoms. The summed E-state index contributed by atoms with van der Waals surface area (Å²) in [5.41, 5.74) is 8.00. The van der Waals surface area contributed by atoms with Gasteiger partial charge in [-0.1, -0.05) is 6.07 Å². The standard InChI is InChI=1S/C13H22N2O2/c1-15(7-4-8-16-2)13-9-12(17-3)6-5-11(13)10-14/h5-6,9H,4,7-8,10,14H2,1-3H3. The Hall–Kier alpha value is -1.26. The first kappa shape index (κ1) is 13.8. The molecule has 0 saturated carbocycles. The lowest BCUT2D eigenvalue weighted by atomic mass is 10.1. The highest BCUT2D eigenvalue weighted by Gasteiger charge is 2.07. The number of hydrogen-bond acceptors (Lipinski definition) is 4. The van der Waals surface area contributed by atoms with Crippen LogP contribution in [0.5, 0.6) is 5.75 Å². The topological polar surface area (TPSA) is 47.7 Å². The number of anilines is 1. The largest absolute Gasteiger partial charge is 0.497 e. The van der Waals surface area contributed by atoms with E-state index in [-0.39, 0.29) is 0 Å². The van der Waals surface area contributed by atoms with Crippen molar-refractivity contribution in [2.45, 2.75) is 13.0 Å². The first-order valence-electron chi connectivity index (χ1n) is 5.80. The molecule has 17 heavy (non-hydrogen) atoms. The third kappa shape index (κ3) is 3.91. The van der Waals surface area contributed by atoms with Gasteiger partial charge in [0.15, 0.2) is 0 Å². The fourth-order valence-electron chi connectivity index (χ4n) is 1.77. The second-order valence-electron chi connectivity index (χ2n) is 3.97. The summed E-state index contributed by atoms with van der Waals surface area (Å²) >= 11 is 0. The van der Waals surface area contributed by atoms with Crippen LogP contribution in [0.3, 0.4) is 0 Å². The highest BCUT2D eigenvalue weighted by molar-refractivity contribution is 5.56. The minimum absolute atomic E-state index is 0.536. The number of methoxy groups -OCH3 is 2. The molecule has 0 aliphatic rings. The normalized spacial score (nSPS) is 10.4. The van der Waals surface area contributed by atoms with Crippen LogP contribution in [0.25, 0.3) is 0 Å². The lowest BCUT2D eigenvalue weighted by Crippen LogP contribution is -2.21. The highest BCUT2D eigenvalue weighted by Crippen LogP contribution is 2.25. The zero-order chi connectivity index (χ0) is 12.7. The van der Waals surface area contributed by atoms with Crippen LogP contribution in [0, 0.1) is 0 Å². The number of nitrogens with two attached hydrogens (primary N) is 1. The van der Waals surface area contributed by atoms with Gasteiger partial charge in [0, 0.05) is 45.6 Å². The average molecular weight is 238 g/mol. The fraction of sp³-hybridized carbons (Fsp3) is 0.538. The summed E-state index contributed by atoms with van der Waals surface area (Å²) in [5, 5.41) is 0. The zero-order valence-corrected chi connectivity index (χ0v) is 10.9. The van der Waals surface area contributed by atoms with Crippen LogP contribution in [-0.4, -0.2) is 34.4 Å². The van der Waals surface area contributed by atoms with E-state index in [9.17, 15) is 0 Å². The number of hydrogen-bond donors (Lipinski definition) is 1. The van der Waals surface area contributed by atoms with E-state index in [1.807, 2.05) is 18.2 Å². The van der Waals surface area contributed by atoms with Crippen LogP contribution in [0.1, 0.15) is 12.0 Å². The van der Waals surface area contributed by atoms with Gasteiger partial charge in [0.1, 0.15) is 5.75 Å². The Morgan fingerprint density at radius 2 is 2.06 bits per heavy atom. The van der Waals surface area contributed by atoms with Crippen molar-refractivity contribution in [2.24, 2.45) is 5.73 Å². The van der Waals surface area contributed by atoms with Crippen LogP contribution in [0.2, 0.25) is 0 Å². The average Bonchev–Trinajstić information content (AvgIpc) is 2.38. The van der Waals surface area contributed by atoms with Gasteiger partial charge in [-0.25, -0.2) is 0 Å². The fourth-order valence-corrected chi connectivity index (χ4v) is 1.77. The second kappa shape index (κ2) is 7.14. The molecule has 0 unspecified atom stereocenters. The van der Waals surface area contributed by atoms with E-state index in [1.54, 1.807) is 14.2 Å². The van der Waals surface area contributed by atoms with Crippen LogP contribution in [0.4, 0.5) is 5.69 Å². The third-order valence-corrected chi connectivity index (χ3v) is 2.77. The van der Waals surface area contributed by atoms with Gasteiger partial charge in [-0.15, -0.1) is 0 Å². The van der Waals surface area contributed by atoms with E-state index >= 15 is 0 Å². The van der Waals surface area contributed by atoms with Crippen molar-refractivity contribution in [3.05, 3.63) is 23.8 Å². The Kier molecular flexibility index (Phi) is 5.80. The molecular formula is C13H22N2O2. The van der Waals surface area contributed by atoms with Crippen molar-refractivity contribution in [2.75, 3.05) is 39.3 Å². The van der Waals surface area contributed by atoms with E-state index in [4.69, 9.17) is 15.2 Å². The molecule has 1 rings (SSSR count). The minimum atomic E-state index is 0.536. The Balaban J connectivity index is 2.78. The van der Waals surface area contributed by atoms with Crippen molar-refractivity contribution < 1.29 is 9.47 Å². The molecule has 4 nitrogen and oxygen atoms in total. The Bertz CT molecular complexity index is 342. The maximum Gasteiger partial charge on any atom is 0.120 e. The monoisotopic (exact) mass is 238 g/mol. The van der Waals surface area contributed by atoms with E-state index in [2.05, 4.69) is 11.9 Å². The van der Waals surface area contributed by atoms with Gasteiger partial charge in [-0.3, -0.25) is 0 Å². The lowest BCUT2D eigenvalue weighted by Gasteiger charge is -2.22. The van der Waals surface area contributed by atoms with Crippen LogP contribution in [0.15, 0.2) is 18.2 Å². The molecule has 96 valence electrons. The minimum Gasteiger partial charge on any atom is -0.497 e. The van der Waals surface area contributed by atoms with Gasteiger partial charge in [0.25, 0.3) is 0 Å². The molecule has 0 aliphatic heterocycles. The predicted molar refractivity (Wildman–Crippen MR) is 70.6 cm³/mol. The van der Waals surface area contributed by atoms with Gasteiger partial charge in [0.05, 0.1) is 7.11 Å². The second-order valence-corrected chi connectivity index (χ2v) is 3.97. The number of rotatable bonds is 7. The molecule has 0 aromatic heterocycles. The van der Waals surface area contributed by atoms with E-state index in [0.29, 0.717) is 6.54 Å². The van der Waals surface area contributed by atoms with Crippen molar-refractivity contribution in [3.63, 3.8) is 0 Å². The Labute approximate surface area is 103 Å². The molecule has 1 aromatic rings. The van der Waals surface area contributed by atoms with Crippen molar-refractivity contribution in [3.8, 4) is 5.75 Å². The van der Waals surface area contributed by atoms with Gasteiger partial charge >= 0.3 is 0 Å². The smallest absolute Gasteiger partial charge is 0.120 e. The molecule has 0 saturated heterocycles. The summed E-state index contributed by atoms with van der Waals surface area (Å²) in [6.07, 6.45) is 0.994. The SMILES string of the molecule is COCCCN(C)c1cc(OC)ccc1CN. The molecule has 0 amide bonds. The molecule has 1 aromatic carbocycles. The molecule has 0 aliphatic carbocycles. The van der Waals surface area contributed by atoms with Crippen LogP contribution in [-0.2, 0) is 11.3 Å². The molecule has 0 atom stereocenters. The Morgan fingerprint density at radius 1 is 1.29 bits per heavy atom. The Morgan fingerprint density at radius 3 is 2.65 bits per heavy atom. The lowest BCUT2D eigenvalue weighted by molar-refractivity contribution is 0.196. The highest BCUT2D eigenvalue weighted by atomic mass is 16.5. The first-order valence-corrected chi connectivity index (χ1v) is 5.80.